The summed E-state index contributed by atoms with van der Waals surface area (Å²) in [7, 11) is -1.33. The molecule has 0 bridgehead atoms. The SMILES string of the molecule is CCS(=O)(=O)Nc1ccc(NCc2cn(C)nc2C)cc1. The molecule has 2 N–H and O–H groups in total. The molecule has 7 heteroatoms. The summed E-state index contributed by atoms with van der Waals surface area (Å²) in [6, 6.07) is 7.18. The number of anilines is 2. The molecule has 1 aromatic carbocycles. The van der Waals surface area contributed by atoms with Crippen LogP contribution in [0.3, 0.4) is 0 Å². The summed E-state index contributed by atoms with van der Waals surface area (Å²) in [5.41, 5.74) is 3.63. The van der Waals surface area contributed by atoms with Gasteiger partial charge in [0.1, 0.15) is 0 Å². The van der Waals surface area contributed by atoms with Crippen molar-refractivity contribution in [2.75, 3.05) is 15.8 Å². The third kappa shape index (κ3) is 4.22. The fraction of sp³-hybridized carbons (Fsp3) is 0.357. The van der Waals surface area contributed by atoms with Crippen LogP contribution in [0.15, 0.2) is 30.5 Å². The molecule has 2 rings (SSSR count). The van der Waals surface area contributed by atoms with Crippen molar-refractivity contribution in [2.45, 2.75) is 20.4 Å². The molecule has 0 aliphatic rings. The van der Waals surface area contributed by atoms with E-state index in [1.807, 2.05) is 32.3 Å². The number of hydrogen-bond donors (Lipinski definition) is 2. The zero-order valence-electron chi connectivity index (χ0n) is 12.4. The summed E-state index contributed by atoms with van der Waals surface area (Å²) < 4.78 is 27.2. The number of aryl methyl sites for hydroxylation is 2. The van der Waals surface area contributed by atoms with Crippen molar-refractivity contribution in [2.24, 2.45) is 7.05 Å². The molecule has 0 aliphatic carbocycles. The second-order valence-electron chi connectivity index (χ2n) is 4.85. The van der Waals surface area contributed by atoms with Gasteiger partial charge in [-0.05, 0) is 38.1 Å². The lowest BCUT2D eigenvalue weighted by Crippen LogP contribution is -2.14. The standard InChI is InChI=1S/C14H20N4O2S/c1-4-21(19,20)17-14-7-5-13(6-8-14)15-9-12-10-18(3)16-11(12)2/h5-8,10,15,17H,4,9H2,1-3H3. The Labute approximate surface area is 125 Å². The lowest BCUT2D eigenvalue weighted by molar-refractivity contribution is 0.602. The Morgan fingerprint density at radius 1 is 1.19 bits per heavy atom. The van der Waals surface area contributed by atoms with Crippen molar-refractivity contribution in [3.8, 4) is 0 Å². The maximum Gasteiger partial charge on any atom is 0.232 e. The second kappa shape index (κ2) is 6.17. The number of sulfonamides is 1. The van der Waals surface area contributed by atoms with Crippen LogP contribution in [0.1, 0.15) is 18.2 Å². The van der Waals surface area contributed by atoms with Gasteiger partial charge in [0.05, 0.1) is 11.4 Å². The number of aromatic nitrogens is 2. The quantitative estimate of drug-likeness (QED) is 0.857. The Kier molecular flexibility index (Phi) is 4.52. The van der Waals surface area contributed by atoms with Crippen LogP contribution < -0.4 is 10.0 Å². The van der Waals surface area contributed by atoms with Gasteiger partial charge in [0, 0.05) is 36.7 Å². The van der Waals surface area contributed by atoms with Gasteiger partial charge in [-0.15, -0.1) is 0 Å². The van der Waals surface area contributed by atoms with Crippen molar-refractivity contribution in [1.82, 2.24) is 9.78 Å². The zero-order valence-corrected chi connectivity index (χ0v) is 13.2. The molecule has 0 unspecified atom stereocenters. The maximum atomic E-state index is 11.5. The largest absolute Gasteiger partial charge is 0.381 e. The van der Waals surface area contributed by atoms with Crippen molar-refractivity contribution in [3.63, 3.8) is 0 Å². The average molecular weight is 308 g/mol. The molecule has 0 spiro atoms. The van der Waals surface area contributed by atoms with E-state index < -0.39 is 10.0 Å². The lowest BCUT2D eigenvalue weighted by atomic mass is 10.2. The van der Waals surface area contributed by atoms with E-state index in [9.17, 15) is 8.42 Å². The molecule has 114 valence electrons. The van der Waals surface area contributed by atoms with Crippen LogP contribution in [0.25, 0.3) is 0 Å². The number of nitrogens with one attached hydrogen (secondary N) is 2. The van der Waals surface area contributed by atoms with Gasteiger partial charge in [-0.2, -0.15) is 5.10 Å². The predicted molar refractivity (Wildman–Crippen MR) is 84.8 cm³/mol. The summed E-state index contributed by atoms with van der Waals surface area (Å²) in [6.07, 6.45) is 1.98. The fourth-order valence-electron chi connectivity index (χ4n) is 1.93. The van der Waals surface area contributed by atoms with Gasteiger partial charge in [0.15, 0.2) is 0 Å². The monoisotopic (exact) mass is 308 g/mol. The Bertz CT molecular complexity index is 705. The van der Waals surface area contributed by atoms with Gasteiger partial charge in [-0.25, -0.2) is 8.42 Å². The Hall–Kier alpha value is -2.02. The average Bonchev–Trinajstić information content (AvgIpc) is 2.76. The zero-order chi connectivity index (χ0) is 15.5. The first kappa shape index (κ1) is 15.4. The van der Waals surface area contributed by atoms with Crippen LogP contribution in [0.5, 0.6) is 0 Å². The van der Waals surface area contributed by atoms with E-state index in [0.29, 0.717) is 12.2 Å². The smallest absolute Gasteiger partial charge is 0.232 e. The van der Waals surface area contributed by atoms with E-state index in [0.717, 1.165) is 16.9 Å². The van der Waals surface area contributed by atoms with E-state index in [-0.39, 0.29) is 5.75 Å². The van der Waals surface area contributed by atoms with Crippen LogP contribution in [-0.4, -0.2) is 24.0 Å². The number of benzene rings is 1. The van der Waals surface area contributed by atoms with Gasteiger partial charge < -0.3 is 5.32 Å². The summed E-state index contributed by atoms with van der Waals surface area (Å²) in [5, 5.41) is 7.58. The highest BCUT2D eigenvalue weighted by Gasteiger charge is 2.06. The minimum atomic E-state index is -3.22. The first-order valence-corrected chi connectivity index (χ1v) is 8.38. The molecule has 0 atom stereocenters. The molecular formula is C14H20N4O2S. The van der Waals surface area contributed by atoms with Gasteiger partial charge >= 0.3 is 0 Å². The predicted octanol–water partition coefficient (Wildman–Crippen LogP) is 2.10. The lowest BCUT2D eigenvalue weighted by Gasteiger charge is -2.08. The first-order chi connectivity index (χ1) is 9.89. The summed E-state index contributed by atoms with van der Waals surface area (Å²) in [4.78, 5) is 0. The second-order valence-corrected chi connectivity index (χ2v) is 6.86. The molecule has 0 radical (unpaired) electrons. The van der Waals surface area contributed by atoms with Crippen LogP contribution in [0, 0.1) is 6.92 Å². The van der Waals surface area contributed by atoms with Crippen LogP contribution in [-0.2, 0) is 23.6 Å². The fourth-order valence-corrected chi connectivity index (χ4v) is 2.57. The number of rotatable bonds is 6. The molecule has 1 aromatic heterocycles. The van der Waals surface area contributed by atoms with Crippen LogP contribution in [0.2, 0.25) is 0 Å². The van der Waals surface area contributed by atoms with Gasteiger partial charge in [-0.3, -0.25) is 9.40 Å². The van der Waals surface area contributed by atoms with Crippen molar-refractivity contribution in [3.05, 3.63) is 41.7 Å². The maximum absolute atomic E-state index is 11.5. The van der Waals surface area contributed by atoms with E-state index in [1.165, 1.54) is 0 Å². The highest BCUT2D eigenvalue weighted by molar-refractivity contribution is 7.92. The van der Waals surface area contributed by atoms with E-state index >= 15 is 0 Å². The molecule has 0 aliphatic heterocycles. The summed E-state index contributed by atoms with van der Waals surface area (Å²) in [6.45, 7) is 4.26. The third-order valence-corrected chi connectivity index (χ3v) is 4.44. The minimum absolute atomic E-state index is 0.0628. The van der Waals surface area contributed by atoms with Gasteiger partial charge in [0.25, 0.3) is 0 Å². The highest BCUT2D eigenvalue weighted by atomic mass is 32.2. The topological polar surface area (TPSA) is 76.0 Å². The number of hydrogen-bond acceptors (Lipinski definition) is 4. The summed E-state index contributed by atoms with van der Waals surface area (Å²) >= 11 is 0. The molecule has 0 saturated carbocycles. The van der Waals surface area contributed by atoms with Crippen molar-refractivity contribution < 1.29 is 8.42 Å². The molecule has 0 fully saturated rings. The van der Waals surface area contributed by atoms with Crippen molar-refractivity contribution in [1.29, 1.82) is 0 Å². The van der Waals surface area contributed by atoms with Crippen LogP contribution in [0.4, 0.5) is 11.4 Å². The van der Waals surface area contributed by atoms with Gasteiger partial charge in [-0.1, -0.05) is 0 Å². The molecular weight excluding hydrogens is 288 g/mol. The van der Waals surface area contributed by atoms with Crippen molar-refractivity contribution >= 4 is 21.4 Å². The molecule has 2 aromatic rings. The molecule has 21 heavy (non-hydrogen) atoms. The Morgan fingerprint density at radius 3 is 2.33 bits per heavy atom. The van der Waals surface area contributed by atoms with E-state index in [1.54, 1.807) is 23.7 Å². The normalized spacial score (nSPS) is 11.4. The Morgan fingerprint density at radius 2 is 1.81 bits per heavy atom. The molecule has 0 saturated heterocycles. The summed E-state index contributed by atoms with van der Waals surface area (Å²) in [5.74, 6) is 0.0628. The van der Waals surface area contributed by atoms with E-state index in [2.05, 4.69) is 15.1 Å². The third-order valence-electron chi connectivity index (χ3n) is 3.14. The minimum Gasteiger partial charge on any atom is -0.381 e. The molecule has 1 heterocycles. The number of nitrogens with zero attached hydrogens (tertiary/aromatic N) is 2. The molecule has 6 nitrogen and oxygen atoms in total. The first-order valence-electron chi connectivity index (χ1n) is 6.73. The van der Waals surface area contributed by atoms with Crippen LogP contribution >= 0.6 is 0 Å². The Balaban J connectivity index is 1.98. The highest BCUT2D eigenvalue weighted by Crippen LogP contribution is 2.16. The van der Waals surface area contributed by atoms with E-state index in [4.69, 9.17) is 0 Å². The molecule has 0 amide bonds. The van der Waals surface area contributed by atoms with Gasteiger partial charge in [0.2, 0.25) is 10.0 Å².